The largest absolute Gasteiger partial charge is 0.486 e. The topological polar surface area (TPSA) is 86.3 Å². The average molecular weight is 426 g/mol. The van der Waals surface area contributed by atoms with Crippen molar-refractivity contribution in [2.45, 2.75) is 36.8 Å². The van der Waals surface area contributed by atoms with Crippen molar-refractivity contribution in [3.63, 3.8) is 0 Å². The van der Waals surface area contributed by atoms with Gasteiger partial charge in [0.25, 0.3) is 0 Å². The summed E-state index contributed by atoms with van der Waals surface area (Å²) in [6.45, 7) is 4.48. The van der Waals surface area contributed by atoms with Crippen LogP contribution in [0.15, 0.2) is 59.8 Å². The number of nitrogens with two attached hydrogens (primary N) is 1. The fourth-order valence-corrected chi connectivity index (χ4v) is 3.93. The zero-order chi connectivity index (χ0) is 21.7. The minimum Gasteiger partial charge on any atom is -0.486 e. The van der Waals surface area contributed by atoms with E-state index in [-0.39, 0.29) is 12.5 Å². The van der Waals surface area contributed by atoms with Gasteiger partial charge < -0.3 is 15.5 Å². The summed E-state index contributed by atoms with van der Waals surface area (Å²) in [4.78, 5) is 14.3. The molecule has 0 saturated heterocycles. The van der Waals surface area contributed by atoms with Crippen molar-refractivity contribution in [3.8, 4) is 5.75 Å². The van der Waals surface area contributed by atoms with Crippen LogP contribution in [0.2, 0.25) is 0 Å². The third-order valence-corrected chi connectivity index (χ3v) is 5.84. The Morgan fingerprint density at radius 2 is 1.73 bits per heavy atom. The highest BCUT2D eigenvalue weighted by Crippen LogP contribution is 2.35. The Morgan fingerprint density at radius 1 is 1.07 bits per heavy atom. The summed E-state index contributed by atoms with van der Waals surface area (Å²) in [6.07, 6.45) is 0. The number of carbonyl (C=O) groups is 1. The molecule has 1 atom stereocenters. The van der Waals surface area contributed by atoms with Gasteiger partial charge in [-0.25, -0.2) is 4.68 Å². The number of nitrogen functional groups attached to an aromatic ring is 1. The molecule has 3 aromatic rings. The lowest BCUT2D eigenvalue weighted by Gasteiger charge is -2.20. The van der Waals surface area contributed by atoms with E-state index in [2.05, 4.69) is 24.0 Å². The van der Waals surface area contributed by atoms with Gasteiger partial charge in [-0.05, 0) is 29.2 Å². The van der Waals surface area contributed by atoms with Gasteiger partial charge in [-0.1, -0.05) is 68.1 Å². The third kappa shape index (κ3) is 5.13. The molecular formula is C22H27N5O2S. The molecule has 0 fully saturated rings. The van der Waals surface area contributed by atoms with Gasteiger partial charge >= 0.3 is 0 Å². The van der Waals surface area contributed by atoms with Gasteiger partial charge in [0.2, 0.25) is 11.1 Å². The van der Waals surface area contributed by atoms with E-state index < -0.39 is 5.25 Å². The van der Waals surface area contributed by atoms with Gasteiger partial charge in [0.15, 0.2) is 5.82 Å². The maximum Gasteiger partial charge on any atom is 0.240 e. The second-order valence-corrected chi connectivity index (χ2v) is 8.49. The molecule has 0 unspecified atom stereocenters. The summed E-state index contributed by atoms with van der Waals surface area (Å²) >= 11 is 1.27. The molecule has 2 aromatic carbocycles. The number of rotatable bonds is 8. The summed E-state index contributed by atoms with van der Waals surface area (Å²) in [5.41, 5.74) is 2.13. The number of benzene rings is 2. The smallest absolute Gasteiger partial charge is 0.240 e. The fourth-order valence-electron chi connectivity index (χ4n) is 2.81. The first-order valence-electron chi connectivity index (χ1n) is 9.71. The van der Waals surface area contributed by atoms with Crippen LogP contribution in [0.5, 0.6) is 5.75 Å². The normalized spacial score (nSPS) is 12.0. The Morgan fingerprint density at radius 3 is 2.33 bits per heavy atom. The first-order valence-corrected chi connectivity index (χ1v) is 10.6. The highest BCUT2D eigenvalue weighted by atomic mass is 32.2. The zero-order valence-electron chi connectivity index (χ0n) is 17.6. The van der Waals surface area contributed by atoms with Gasteiger partial charge in [0.05, 0.1) is 0 Å². The second-order valence-electron chi connectivity index (χ2n) is 7.42. The Balaban J connectivity index is 1.72. The average Bonchev–Trinajstić information content (AvgIpc) is 3.10. The van der Waals surface area contributed by atoms with E-state index in [4.69, 9.17) is 10.6 Å². The van der Waals surface area contributed by atoms with Crippen LogP contribution in [0.3, 0.4) is 0 Å². The first kappa shape index (κ1) is 21.7. The number of nitrogens with zero attached hydrogens (tertiary/aromatic N) is 4. The lowest BCUT2D eigenvalue weighted by atomic mass is 10.0. The predicted molar refractivity (Wildman–Crippen MR) is 119 cm³/mol. The number of aromatic nitrogens is 3. The quantitative estimate of drug-likeness (QED) is 0.438. The number of ether oxygens (including phenoxy) is 1. The second kappa shape index (κ2) is 9.67. The minimum atomic E-state index is -0.468. The molecule has 1 heterocycles. The Kier molecular flexibility index (Phi) is 6.99. The van der Waals surface area contributed by atoms with E-state index in [9.17, 15) is 4.79 Å². The zero-order valence-corrected chi connectivity index (χ0v) is 18.5. The molecule has 8 heteroatoms. The molecule has 0 saturated carbocycles. The van der Waals surface area contributed by atoms with Crippen LogP contribution >= 0.6 is 11.8 Å². The van der Waals surface area contributed by atoms with Gasteiger partial charge in [-0.2, -0.15) is 0 Å². The number of thioether (sulfide) groups is 1. The number of hydrogen-bond acceptors (Lipinski definition) is 6. The van der Waals surface area contributed by atoms with Crippen LogP contribution in [0.4, 0.5) is 0 Å². The summed E-state index contributed by atoms with van der Waals surface area (Å²) in [7, 11) is 3.46. The van der Waals surface area contributed by atoms with Crippen LogP contribution in [-0.2, 0) is 11.4 Å². The summed E-state index contributed by atoms with van der Waals surface area (Å²) in [5, 5.41) is 8.30. The van der Waals surface area contributed by atoms with Gasteiger partial charge in [0, 0.05) is 14.1 Å². The van der Waals surface area contributed by atoms with Crippen molar-refractivity contribution in [2.75, 3.05) is 19.9 Å². The Bertz CT molecular complexity index is 971. The van der Waals surface area contributed by atoms with Crippen molar-refractivity contribution in [2.24, 2.45) is 0 Å². The molecule has 0 aliphatic heterocycles. The van der Waals surface area contributed by atoms with E-state index in [1.54, 1.807) is 19.0 Å². The lowest BCUT2D eigenvalue weighted by molar-refractivity contribution is -0.128. The van der Waals surface area contributed by atoms with E-state index in [1.165, 1.54) is 22.0 Å². The molecule has 0 spiro atoms. The fraction of sp³-hybridized carbons (Fsp3) is 0.318. The molecule has 0 aliphatic rings. The summed E-state index contributed by atoms with van der Waals surface area (Å²) in [5.74, 6) is 7.84. The number of likely N-dealkylation sites (N-methyl/N-ethyl adjacent to an activating group) is 1. The van der Waals surface area contributed by atoms with Crippen LogP contribution in [-0.4, -0.2) is 39.8 Å². The van der Waals surface area contributed by atoms with E-state index in [0.29, 0.717) is 16.9 Å². The molecule has 1 amide bonds. The molecule has 0 bridgehead atoms. The highest BCUT2D eigenvalue weighted by molar-refractivity contribution is 8.00. The van der Waals surface area contributed by atoms with Gasteiger partial charge in [-0.15, -0.1) is 10.2 Å². The van der Waals surface area contributed by atoms with Crippen molar-refractivity contribution in [3.05, 3.63) is 71.5 Å². The molecule has 1 aromatic heterocycles. The van der Waals surface area contributed by atoms with Crippen molar-refractivity contribution in [1.29, 1.82) is 0 Å². The molecule has 7 nitrogen and oxygen atoms in total. The van der Waals surface area contributed by atoms with Crippen molar-refractivity contribution < 1.29 is 9.53 Å². The molecule has 30 heavy (non-hydrogen) atoms. The highest BCUT2D eigenvalue weighted by Gasteiger charge is 2.26. The Hall–Kier alpha value is -3.00. The molecule has 3 rings (SSSR count). The SMILES string of the molecule is CC(C)c1ccc(OCc2nnc(S[C@@H](C(=O)N(C)C)c3ccccc3)n2N)cc1. The van der Waals surface area contributed by atoms with Crippen molar-refractivity contribution >= 4 is 17.7 Å². The molecular weight excluding hydrogens is 398 g/mol. The molecule has 158 valence electrons. The van der Waals surface area contributed by atoms with Crippen molar-refractivity contribution in [1.82, 2.24) is 19.8 Å². The molecule has 0 radical (unpaired) electrons. The van der Waals surface area contributed by atoms with E-state index in [1.807, 2.05) is 54.6 Å². The summed E-state index contributed by atoms with van der Waals surface area (Å²) in [6, 6.07) is 17.5. The van der Waals surface area contributed by atoms with E-state index >= 15 is 0 Å². The number of hydrogen-bond donors (Lipinski definition) is 1. The van der Waals surface area contributed by atoms with Crippen LogP contribution in [0.25, 0.3) is 0 Å². The first-order chi connectivity index (χ1) is 14.4. The van der Waals surface area contributed by atoms with Gasteiger partial charge in [-0.3, -0.25) is 4.79 Å². The summed E-state index contributed by atoms with van der Waals surface area (Å²) < 4.78 is 7.19. The van der Waals surface area contributed by atoms with Crippen LogP contribution in [0.1, 0.15) is 42.0 Å². The standard InChI is InChI=1S/C22H27N5O2S/c1-15(2)16-10-12-18(13-11-16)29-14-19-24-25-22(27(19)23)30-20(21(28)26(3)4)17-8-6-5-7-9-17/h5-13,15,20H,14,23H2,1-4H3/t20-/m1/s1. The Labute approximate surface area is 181 Å². The third-order valence-electron chi connectivity index (χ3n) is 4.64. The maximum absolute atomic E-state index is 12.7. The molecule has 2 N–H and O–H groups in total. The lowest BCUT2D eigenvalue weighted by Crippen LogP contribution is -2.27. The predicted octanol–water partition coefficient (Wildman–Crippen LogP) is 3.62. The maximum atomic E-state index is 12.7. The molecule has 0 aliphatic carbocycles. The van der Waals surface area contributed by atoms with Crippen LogP contribution in [0, 0.1) is 0 Å². The van der Waals surface area contributed by atoms with Gasteiger partial charge in [0.1, 0.15) is 17.6 Å². The van der Waals surface area contributed by atoms with E-state index in [0.717, 1.165) is 11.3 Å². The van der Waals surface area contributed by atoms with Crippen LogP contribution < -0.4 is 10.6 Å². The number of amides is 1. The monoisotopic (exact) mass is 425 g/mol. The minimum absolute atomic E-state index is 0.0442. The number of carbonyl (C=O) groups excluding carboxylic acids is 1.